The fourth-order valence-corrected chi connectivity index (χ4v) is 2.42. The van der Waals surface area contributed by atoms with E-state index in [-0.39, 0.29) is 11.3 Å². The first kappa shape index (κ1) is 14.0. The third-order valence-corrected chi connectivity index (χ3v) is 3.42. The highest BCUT2D eigenvalue weighted by Crippen LogP contribution is 2.28. The third kappa shape index (κ3) is 3.78. The Morgan fingerprint density at radius 3 is 2.42 bits per heavy atom. The van der Waals surface area contributed by atoms with E-state index >= 15 is 0 Å². The molecule has 106 valence electrons. The first-order valence-corrected chi connectivity index (χ1v) is 6.93. The molecule has 2 heterocycles. The number of aryl methyl sites for hydroxylation is 1. The first-order valence-electron chi connectivity index (χ1n) is 6.93. The lowest BCUT2D eigenvalue weighted by Crippen LogP contribution is -2.39. The van der Waals surface area contributed by atoms with Crippen molar-refractivity contribution in [1.29, 1.82) is 0 Å². The summed E-state index contributed by atoms with van der Waals surface area (Å²) in [5.74, 6) is 1.90. The van der Waals surface area contributed by atoms with Gasteiger partial charge in [0, 0.05) is 32.4 Å². The maximum atomic E-state index is 12.1. The fourth-order valence-electron chi connectivity index (χ4n) is 2.42. The molecule has 1 aromatic heterocycles. The van der Waals surface area contributed by atoms with Crippen molar-refractivity contribution in [3.63, 3.8) is 0 Å². The molecule has 5 nitrogen and oxygen atoms in total. The summed E-state index contributed by atoms with van der Waals surface area (Å²) in [6.45, 7) is 9.68. The normalized spacial score (nSPS) is 17.8. The minimum atomic E-state index is 0.0531. The highest BCUT2D eigenvalue weighted by molar-refractivity contribution is 5.76. The second-order valence-corrected chi connectivity index (χ2v) is 6.55. The smallest absolute Gasteiger partial charge is 0.223 e. The van der Waals surface area contributed by atoms with E-state index in [0.29, 0.717) is 18.2 Å². The van der Waals surface area contributed by atoms with E-state index in [2.05, 4.69) is 31.0 Å². The highest BCUT2D eigenvalue weighted by atomic mass is 16.4. The molecule has 1 fully saturated rings. The van der Waals surface area contributed by atoms with Gasteiger partial charge in [-0.3, -0.25) is 4.79 Å². The largest absolute Gasteiger partial charge is 0.425 e. The monoisotopic (exact) mass is 265 g/mol. The lowest BCUT2D eigenvalue weighted by Gasteiger charge is -2.32. The number of aromatic nitrogens is 2. The van der Waals surface area contributed by atoms with Crippen LogP contribution >= 0.6 is 0 Å². The Labute approximate surface area is 114 Å². The van der Waals surface area contributed by atoms with Gasteiger partial charge in [-0.05, 0) is 18.3 Å². The molecule has 2 rings (SSSR count). The second kappa shape index (κ2) is 5.31. The van der Waals surface area contributed by atoms with Gasteiger partial charge in [-0.25, -0.2) is 0 Å². The SMILES string of the molecule is Cc1nnc(C2CCN(C(=O)CC(C)(C)C)CC2)o1. The van der Waals surface area contributed by atoms with E-state index in [9.17, 15) is 4.79 Å². The molecule has 0 atom stereocenters. The molecule has 0 N–H and O–H groups in total. The van der Waals surface area contributed by atoms with Gasteiger partial charge in [-0.15, -0.1) is 10.2 Å². The van der Waals surface area contributed by atoms with Crippen molar-refractivity contribution in [2.45, 2.75) is 52.9 Å². The molecule has 0 aliphatic carbocycles. The van der Waals surface area contributed by atoms with Crippen LogP contribution in [0.4, 0.5) is 0 Å². The number of piperidine rings is 1. The van der Waals surface area contributed by atoms with Crippen LogP contribution in [-0.4, -0.2) is 34.1 Å². The molecule has 0 spiro atoms. The van der Waals surface area contributed by atoms with Gasteiger partial charge in [0.05, 0.1) is 0 Å². The molecule has 0 bridgehead atoms. The Morgan fingerprint density at radius 2 is 1.95 bits per heavy atom. The minimum Gasteiger partial charge on any atom is -0.425 e. The van der Waals surface area contributed by atoms with E-state index in [1.165, 1.54) is 0 Å². The number of nitrogens with zero attached hydrogens (tertiary/aromatic N) is 3. The zero-order valence-electron chi connectivity index (χ0n) is 12.3. The lowest BCUT2D eigenvalue weighted by atomic mass is 9.90. The van der Waals surface area contributed by atoms with Crippen LogP contribution in [0.5, 0.6) is 0 Å². The van der Waals surface area contributed by atoms with Crippen molar-refractivity contribution < 1.29 is 9.21 Å². The predicted molar refractivity (Wildman–Crippen MR) is 71.7 cm³/mol. The standard InChI is InChI=1S/C14H23N3O2/c1-10-15-16-13(19-10)11-5-7-17(8-6-11)12(18)9-14(2,3)4/h11H,5-9H2,1-4H3. The van der Waals surface area contributed by atoms with Gasteiger partial charge >= 0.3 is 0 Å². The average Bonchev–Trinajstić information content (AvgIpc) is 2.74. The van der Waals surface area contributed by atoms with Crippen molar-refractivity contribution in [2.75, 3.05) is 13.1 Å². The lowest BCUT2D eigenvalue weighted by molar-refractivity contribution is -0.134. The van der Waals surface area contributed by atoms with Crippen LogP contribution in [0, 0.1) is 12.3 Å². The molecule has 0 radical (unpaired) electrons. The summed E-state index contributed by atoms with van der Waals surface area (Å²) in [5, 5.41) is 7.95. The Balaban J connectivity index is 1.87. The van der Waals surface area contributed by atoms with Crippen LogP contribution in [0.2, 0.25) is 0 Å². The van der Waals surface area contributed by atoms with Crippen molar-refractivity contribution in [3.8, 4) is 0 Å². The average molecular weight is 265 g/mol. The van der Waals surface area contributed by atoms with E-state index in [1.807, 2.05) is 4.90 Å². The molecule has 0 aromatic carbocycles. The number of rotatable bonds is 2. The fraction of sp³-hybridized carbons (Fsp3) is 0.786. The van der Waals surface area contributed by atoms with E-state index in [1.54, 1.807) is 6.92 Å². The zero-order valence-corrected chi connectivity index (χ0v) is 12.3. The van der Waals surface area contributed by atoms with E-state index in [0.717, 1.165) is 31.8 Å². The van der Waals surface area contributed by atoms with Crippen LogP contribution in [0.15, 0.2) is 4.42 Å². The van der Waals surface area contributed by atoms with Crippen LogP contribution in [0.25, 0.3) is 0 Å². The molecule has 1 aliphatic rings. The van der Waals surface area contributed by atoms with E-state index in [4.69, 9.17) is 4.42 Å². The third-order valence-electron chi connectivity index (χ3n) is 3.42. The van der Waals surface area contributed by atoms with Crippen LogP contribution in [-0.2, 0) is 4.79 Å². The van der Waals surface area contributed by atoms with Gasteiger partial charge in [-0.2, -0.15) is 0 Å². The maximum absolute atomic E-state index is 12.1. The molecular weight excluding hydrogens is 242 g/mol. The first-order chi connectivity index (χ1) is 8.85. The molecule has 1 amide bonds. The quantitative estimate of drug-likeness (QED) is 0.824. The highest BCUT2D eigenvalue weighted by Gasteiger charge is 2.28. The number of carbonyl (C=O) groups excluding carboxylic acids is 1. The number of hydrogen-bond donors (Lipinski definition) is 0. The summed E-state index contributed by atoms with van der Waals surface area (Å²) in [6, 6.07) is 0. The Morgan fingerprint density at radius 1 is 1.32 bits per heavy atom. The van der Waals surface area contributed by atoms with Crippen LogP contribution < -0.4 is 0 Å². The predicted octanol–water partition coefficient (Wildman–Crippen LogP) is 2.52. The molecule has 1 aliphatic heterocycles. The van der Waals surface area contributed by atoms with Crippen molar-refractivity contribution in [2.24, 2.45) is 5.41 Å². The summed E-state index contributed by atoms with van der Waals surface area (Å²) in [5.41, 5.74) is 0.0531. The molecule has 0 unspecified atom stereocenters. The number of hydrogen-bond acceptors (Lipinski definition) is 4. The Bertz CT molecular complexity index is 440. The van der Waals surface area contributed by atoms with Crippen LogP contribution in [0.3, 0.4) is 0 Å². The second-order valence-electron chi connectivity index (χ2n) is 6.55. The van der Waals surface area contributed by atoms with Gasteiger partial charge in [0.2, 0.25) is 17.7 Å². The summed E-state index contributed by atoms with van der Waals surface area (Å²) in [7, 11) is 0. The van der Waals surface area contributed by atoms with E-state index < -0.39 is 0 Å². The minimum absolute atomic E-state index is 0.0531. The summed E-state index contributed by atoms with van der Waals surface area (Å²) < 4.78 is 5.47. The zero-order chi connectivity index (χ0) is 14.0. The van der Waals surface area contributed by atoms with Crippen molar-refractivity contribution >= 4 is 5.91 Å². The van der Waals surface area contributed by atoms with Gasteiger partial charge in [-0.1, -0.05) is 20.8 Å². The molecule has 1 saturated heterocycles. The van der Waals surface area contributed by atoms with Crippen molar-refractivity contribution in [3.05, 3.63) is 11.8 Å². The van der Waals surface area contributed by atoms with Gasteiger partial charge in [0.25, 0.3) is 0 Å². The Hall–Kier alpha value is -1.39. The van der Waals surface area contributed by atoms with Crippen molar-refractivity contribution in [1.82, 2.24) is 15.1 Å². The number of carbonyl (C=O) groups is 1. The molecule has 0 saturated carbocycles. The summed E-state index contributed by atoms with van der Waals surface area (Å²) in [4.78, 5) is 14.1. The Kier molecular flexibility index (Phi) is 3.92. The molecule has 1 aromatic rings. The van der Waals surface area contributed by atoms with Gasteiger partial charge in [0.15, 0.2) is 0 Å². The maximum Gasteiger partial charge on any atom is 0.223 e. The number of amides is 1. The molecule has 5 heteroatoms. The van der Waals surface area contributed by atoms with Gasteiger partial charge in [0.1, 0.15) is 0 Å². The molecular formula is C14H23N3O2. The van der Waals surface area contributed by atoms with Crippen LogP contribution in [0.1, 0.15) is 57.7 Å². The summed E-state index contributed by atoms with van der Waals surface area (Å²) >= 11 is 0. The number of likely N-dealkylation sites (tertiary alicyclic amines) is 1. The van der Waals surface area contributed by atoms with Gasteiger partial charge < -0.3 is 9.32 Å². The molecule has 19 heavy (non-hydrogen) atoms. The topological polar surface area (TPSA) is 59.2 Å². The summed E-state index contributed by atoms with van der Waals surface area (Å²) in [6.07, 6.45) is 2.44.